The van der Waals surface area contributed by atoms with Crippen molar-refractivity contribution in [2.75, 3.05) is 0 Å². The van der Waals surface area contributed by atoms with E-state index in [1.807, 2.05) is 0 Å². The summed E-state index contributed by atoms with van der Waals surface area (Å²) in [6.07, 6.45) is 2.51. The average Bonchev–Trinajstić information content (AvgIpc) is 2.83. The van der Waals surface area contributed by atoms with Crippen molar-refractivity contribution < 1.29 is 9.50 Å². The molecule has 0 radical (unpaired) electrons. The fourth-order valence-electron chi connectivity index (χ4n) is 2.18. The molecule has 1 N–H and O–H groups in total. The molecule has 1 aromatic heterocycles. The van der Waals surface area contributed by atoms with Crippen LogP contribution in [-0.4, -0.2) is 10.1 Å². The number of aliphatic hydroxyl groups is 1. The Hall–Kier alpha value is -0.910. The maximum atomic E-state index is 12.8. The van der Waals surface area contributed by atoms with Crippen LogP contribution in [0.4, 0.5) is 4.39 Å². The topological polar surface area (TPSA) is 33.1 Å². The predicted octanol–water partition coefficient (Wildman–Crippen LogP) is 3.94. The van der Waals surface area contributed by atoms with Gasteiger partial charge in [-0.05, 0) is 43.5 Å². The third-order valence-electron chi connectivity index (χ3n) is 3.14. The lowest BCUT2D eigenvalue weighted by atomic mass is 10.0. The molecule has 1 unspecified atom stereocenters. The molecule has 1 aliphatic rings. The molecule has 1 heterocycles. The summed E-state index contributed by atoms with van der Waals surface area (Å²) >= 11 is 3.34. The van der Waals surface area contributed by atoms with Crippen molar-refractivity contribution in [3.63, 3.8) is 0 Å². The number of benzene rings is 1. The monoisotopic (exact) mass is 295 g/mol. The Labute approximate surface area is 119 Å². The zero-order valence-corrected chi connectivity index (χ0v) is 11.9. The Morgan fingerprint density at radius 3 is 2.89 bits per heavy atom. The number of fused-ring (bicyclic) bond motifs is 1. The van der Waals surface area contributed by atoms with Crippen LogP contribution in [0.3, 0.4) is 0 Å². The quantitative estimate of drug-likeness (QED) is 0.871. The maximum Gasteiger partial charge on any atom is 0.123 e. The molecule has 2 nitrogen and oxygen atoms in total. The fraction of sp³-hybridized carbons (Fsp3) is 0.357. The van der Waals surface area contributed by atoms with Crippen LogP contribution >= 0.6 is 23.1 Å². The van der Waals surface area contributed by atoms with Gasteiger partial charge in [-0.2, -0.15) is 0 Å². The van der Waals surface area contributed by atoms with Crippen LogP contribution in [0.15, 0.2) is 29.2 Å². The van der Waals surface area contributed by atoms with Crippen LogP contribution < -0.4 is 0 Å². The molecule has 0 saturated heterocycles. The second kappa shape index (κ2) is 5.61. The third-order valence-corrected chi connectivity index (χ3v) is 5.48. The Balaban J connectivity index is 1.69. The van der Waals surface area contributed by atoms with E-state index in [9.17, 15) is 9.50 Å². The smallest absolute Gasteiger partial charge is 0.123 e. The molecule has 100 valence electrons. The van der Waals surface area contributed by atoms with Crippen LogP contribution in [0.2, 0.25) is 0 Å². The summed E-state index contributed by atoms with van der Waals surface area (Å²) < 4.78 is 12.8. The second-order valence-electron chi connectivity index (χ2n) is 4.57. The number of halogens is 1. The van der Waals surface area contributed by atoms with Gasteiger partial charge in [0.05, 0.1) is 17.6 Å². The minimum absolute atomic E-state index is 0.211. The number of thiazole rings is 1. The standard InChI is InChI=1S/C14H14FNOS2/c15-9-4-6-10(7-5-9)18-8-13-16-14-11(17)2-1-3-12(14)19-13/h4-7,11,17H,1-3,8H2. The lowest BCUT2D eigenvalue weighted by Gasteiger charge is -2.14. The van der Waals surface area contributed by atoms with E-state index in [1.165, 1.54) is 17.0 Å². The van der Waals surface area contributed by atoms with E-state index in [2.05, 4.69) is 4.98 Å². The highest BCUT2D eigenvalue weighted by Gasteiger charge is 2.22. The van der Waals surface area contributed by atoms with E-state index in [0.29, 0.717) is 0 Å². The van der Waals surface area contributed by atoms with Crippen LogP contribution in [-0.2, 0) is 12.2 Å². The van der Waals surface area contributed by atoms with E-state index >= 15 is 0 Å². The summed E-state index contributed by atoms with van der Waals surface area (Å²) in [4.78, 5) is 6.81. The number of nitrogens with zero attached hydrogens (tertiary/aromatic N) is 1. The van der Waals surface area contributed by atoms with Crippen molar-refractivity contribution in [2.45, 2.75) is 36.0 Å². The highest BCUT2D eigenvalue weighted by Crippen LogP contribution is 2.35. The predicted molar refractivity (Wildman–Crippen MR) is 76.0 cm³/mol. The van der Waals surface area contributed by atoms with Gasteiger partial charge in [0, 0.05) is 9.77 Å². The van der Waals surface area contributed by atoms with Gasteiger partial charge < -0.3 is 5.11 Å². The summed E-state index contributed by atoms with van der Waals surface area (Å²) in [6, 6.07) is 6.50. The third kappa shape index (κ3) is 2.99. The largest absolute Gasteiger partial charge is 0.387 e. The van der Waals surface area contributed by atoms with E-state index in [0.717, 1.165) is 40.6 Å². The Kier molecular flexibility index (Phi) is 3.86. The van der Waals surface area contributed by atoms with Crippen LogP contribution in [0.1, 0.15) is 34.5 Å². The second-order valence-corrected chi connectivity index (χ2v) is 6.78. The summed E-state index contributed by atoms with van der Waals surface area (Å²) in [6.45, 7) is 0. The van der Waals surface area contributed by atoms with E-state index in [4.69, 9.17) is 0 Å². The normalized spacial score (nSPS) is 18.3. The molecule has 0 fully saturated rings. The zero-order valence-electron chi connectivity index (χ0n) is 10.3. The maximum absolute atomic E-state index is 12.8. The van der Waals surface area contributed by atoms with Gasteiger partial charge in [0.2, 0.25) is 0 Å². The SMILES string of the molecule is OC1CCCc2sc(CSc3ccc(F)cc3)nc21. The molecule has 1 aliphatic carbocycles. The minimum atomic E-state index is -0.385. The van der Waals surface area contributed by atoms with Crippen LogP contribution in [0.5, 0.6) is 0 Å². The number of hydrogen-bond acceptors (Lipinski definition) is 4. The number of thioether (sulfide) groups is 1. The Morgan fingerprint density at radius 2 is 2.16 bits per heavy atom. The zero-order chi connectivity index (χ0) is 13.2. The molecule has 0 bridgehead atoms. The molecule has 5 heteroatoms. The molecule has 19 heavy (non-hydrogen) atoms. The number of aromatic nitrogens is 1. The van der Waals surface area contributed by atoms with Crippen molar-refractivity contribution >= 4 is 23.1 Å². The molecule has 0 amide bonds. The highest BCUT2D eigenvalue weighted by atomic mass is 32.2. The van der Waals surface area contributed by atoms with Crippen molar-refractivity contribution in [3.8, 4) is 0 Å². The Morgan fingerprint density at radius 1 is 1.37 bits per heavy atom. The van der Waals surface area contributed by atoms with Gasteiger partial charge in [0.25, 0.3) is 0 Å². The fourth-order valence-corrected chi connectivity index (χ4v) is 4.24. The van der Waals surface area contributed by atoms with Gasteiger partial charge in [-0.1, -0.05) is 0 Å². The molecule has 1 aromatic carbocycles. The van der Waals surface area contributed by atoms with E-state index in [1.54, 1.807) is 35.2 Å². The van der Waals surface area contributed by atoms with Crippen LogP contribution in [0.25, 0.3) is 0 Å². The summed E-state index contributed by atoms with van der Waals surface area (Å²) in [5, 5.41) is 10.9. The number of rotatable bonds is 3. The van der Waals surface area contributed by atoms with Crippen molar-refractivity contribution in [1.82, 2.24) is 4.98 Å². The van der Waals surface area contributed by atoms with Crippen LogP contribution in [0, 0.1) is 5.82 Å². The number of hydrogen-bond donors (Lipinski definition) is 1. The lowest BCUT2D eigenvalue weighted by molar-refractivity contribution is 0.153. The summed E-state index contributed by atoms with van der Waals surface area (Å²) in [5.41, 5.74) is 0.881. The van der Waals surface area contributed by atoms with Gasteiger partial charge >= 0.3 is 0 Å². The van der Waals surface area contributed by atoms with Crippen molar-refractivity contribution in [3.05, 3.63) is 45.7 Å². The first kappa shape index (κ1) is 13.1. The summed E-state index contributed by atoms with van der Waals surface area (Å²) in [7, 11) is 0. The van der Waals surface area contributed by atoms with Gasteiger partial charge in [0.1, 0.15) is 10.8 Å². The summed E-state index contributed by atoms with van der Waals surface area (Å²) in [5.74, 6) is 0.563. The number of aliphatic hydroxyl groups excluding tert-OH is 1. The first-order valence-electron chi connectivity index (χ1n) is 6.27. The molecule has 2 aromatic rings. The molecule has 0 spiro atoms. The Bertz CT molecular complexity index is 567. The average molecular weight is 295 g/mol. The van der Waals surface area contributed by atoms with Crippen molar-refractivity contribution in [1.29, 1.82) is 0 Å². The van der Waals surface area contributed by atoms with Crippen molar-refractivity contribution in [2.24, 2.45) is 0 Å². The molecule has 0 aliphatic heterocycles. The van der Waals surface area contributed by atoms with Gasteiger partial charge in [-0.3, -0.25) is 0 Å². The molecule has 3 rings (SSSR count). The van der Waals surface area contributed by atoms with Gasteiger partial charge in [-0.25, -0.2) is 9.37 Å². The number of aryl methyl sites for hydroxylation is 1. The van der Waals surface area contributed by atoms with E-state index in [-0.39, 0.29) is 11.9 Å². The first-order chi connectivity index (χ1) is 9.22. The lowest BCUT2D eigenvalue weighted by Crippen LogP contribution is -2.07. The molecular weight excluding hydrogens is 281 g/mol. The van der Waals surface area contributed by atoms with Gasteiger partial charge in [0.15, 0.2) is 0 Å². The first-order valence-corrected chi connectivity index (χ1v) is 8.07. The highest BCUT2D eigenvalue weighted by molar-refractivity contribution is 7.98. The minimum Gasteiger partial charge on any atom is -0.387 e. The molecular formula is C14H14FNOS2. The van der Waals surface area contributed by atoms with Gasteiger partial charge in [-0.15, -0.1) is 23.1 Å². The van der Waals surface area contributed by atoms with E-state index < -0.39 is 0 Å². The molecule has 1 atom stereocenters. The molecule has 0 saturated carbocycles.